The van der Waals surface area contributed by atoms with E-state index in [9.17, 15) is 0 Å². The first-order valence-corrected chi connectivity index (χ1v) is 15.5. The Balaban J connectivity index is 1.24. The van der Waals surface area contributed by atoms with Gasteiger partial charge < -0.3 is 4.42 Å². The van der Waals surface area contributed by atoms with E-state index in [1.165, 1.54) is 0 Å². The Morgan fingerprint density at radius 1 is 0.347 bits per heavy atom. The van der Waals surface area contributed by atoms with E-state index in [0.717, 1.165) is 38.8 Å². The fourth-order valence-corrected chi connectivity index (χ4v) is 6.07. The maximum absolute atomic E-state index is 8.71. The molecule has 0 bridgehead atoms. The minimum absolute atomic E-state index is 0.0407. The van der Waals surface area contributed by atoms with Gasteiger partial charge in [0.1, 0.15) is 11.2 Å². The van der Waals surface area contributed by atoms with E-state index in [1.807, 2.05) is 48.5 Å². The number of furan rings is 1. The molecule has 0 saturated carbocycles. The Labute approximate surface area is 298 Å². The van der Waals surface area contributed by atoms with Gasteiger partial charge in [0.2, 0.25) is 0 Å². The third kappa shape index (κ3) is 5.35. The monoisotopic (exact) mass is 637 g/mol. The summed E-state index contributed by atoms with van der Waals surface area (Å²) in [7, 11) is 0. The summed E-state index contributed by atoms with van der Waals surface area (Å²) in [6, 6.07) is 31.7. The average molecular weight is 638 g/mol. The molecule has 7 aromatic carbocycles. The second-order valence-electron chi connectivity index (χ2n) is 11.3. The van der Waals surface area contributed by atoms with Crippen molar-refractivity contribution in [3.8, 4) is 67.5 Å². The van der Waals surface area contributed by atoms with E-state index < -0.39 is 60.4 Å². The molecule has 0 aliphatic carbocycles. The highest BCUT2D eigenvalue weighted by Crippen LogP contribution is 2.41. The predicted octanol–water partition coefficient (Wildman–Crippen LogP) is 11.8. The first-order valence-electron chi connectivity index (χ1n) is 20.5. The Morgan fingerprint density at radius 2 is 0.776 bits per heavy atom. The smallest absolute Gasteiger partial charge is 0.164 e. The van der Waals surface area contributed by atoms with Gasteiger partial charge in [-0.1, -0.05) is 164 Å². The summed E-state index contributed by atoms with van der Waals surface area (Å²) < 4.78 is 90.8. The van der Waals surface area contributed by atoms with Crippen LogP contribution < -0.4 is 0 Å². The summed E-state index contributed by atoms with van der Waals surface area (Å²) >= 11 is 0. The van der Waals surface area contributed by atoms with Crippen LogP contribution in [0.25, 0.3) is 89.5 Å². The number of hydrogen-bond donors (Lipinski definition) is 0. The molecule has 0 atom stereocenters. The fraction of sp³-hybridized carbons (Fsp3) is 0. The molecule has 9 aromatic rings. The molecular formula is C45H29N3O. The third-order valence-corrected chi connectivity index (χ3v) is 8.37. The van der Waals surface area contributed by atoms with Crippen LogP contribution in [0.5, 0.6) is 0 Å². The van der Waals surface area contributed by atoms with Crippen molar-refractivity contribution < 1.29 is 18.1 Å². The zero-order valence-corrected chi connectivity index (χ0v) is 25.7. The van der Waals surface area contributed by atoms with Crippen LogP contribution in [0.4, 0.5) is 0 Å². The summed E-state index contributed by atoms with van der Waals surface area (Å²) in [5, 5.41) is 1.33. The van der Waals surface area contributed by atoms with Gasteiger partial charge >= 0.3 is 0 Å². The second kappa shape index (κ2) is 12.2. The molecule has 2 aromatic heterocycles. The van der Waals surface area contributed by atoms with Crippen molar-refractivity contribution in [3.63, 3.8) is 0 Å². The zero-order chi connectivity index (χ0) is 41.3. The van der Waals surface area contributed by atoms with Crippen LogP contribution >= 0.6 is 0 Å². The number of fused-ring (bicyclic) bond motifs is 3. The van der Waals surface area contributed by atoms with Crippen LogP contribution in [0.2, 0.25) is 0 Å². The van der Waals surface area contributed by atoms with Crippen molar-refractivity contribution in [1.82, 2.24) is 15.0 Å². The average Bonchev–Trinajstić information content (AvgIpc) is 3.66. The largest absolute Gasteiger partial charge is 0.456 e. The van der Waals surface area contributed by atoms with Gasteiger partial charge in [-0.05, 0) is 45.5 Å². The maximum Gasteiger partial charge on any atom is 0.164 e. The summed E-state index contributed by atoms with van der Waals surface area (Å²) in [4.78, 5) is 13.8. The molecular weight excluding hydrogens is 599 g/mol. The predicted molar refractivity (Wildman–Crippen MR) is 200 cm³/mol. The van der Waals surface area contributed by atoms with Crippen LogP contribution in [-0.4, -0.2) is 15.0 Å². The van der Waals surface area contributed by atoms with Crippen molar-refractivity contribution in [1.29, 1.82) is 0 Å². The normalized spacial score (nSPS) is 14.1. The van der Waals surface area contributed by atoms with Crippen LogP contribution in [-0.2, 0) is 0 Å². The first kappa shape index (κ1) is 19.9. The van der Waals surface area contributed by atoms with Crippen molar-refractivity contribution >= 4 is 21.9 Å². The van der Waals surface area contributed by atoms with Gasteiger partial charge in [-0.2, -0.15) is 0 Å². The number of rotatable bonds is 6. The minimum Gasteiger partial charge on any atom is -0.456 e. The lowest BCUT2D eigenvalue weighted by Gasteiger charge is -2.10. The molecule has 0 N–H and O–H groups in total. The van der Waals surface area contributed by atoms with Crippen LogP contribution in [0.1, 0.15) is 13.7 Å². The Kier molecular flexibility index (Phi) is 4.94. The van der Waals surface area contributed by atoms with Gasteiger partial charge in [0.25, 0.3) is 0 Å². The number of benzene rings is 7. The summed E-state index contributed by atoms with van der Waals surface area (Å²) in [5.41, 5.74) is 6.87. The highest BCUT2D eigenvalue weighted by molar-refractivity contribution is 6.17. The molecule has 49 heavy (non-hydrogen) atoms. The standard InChI is InChI=1S/C45H29N3O/c1-4-12-30(13-5-1)31-22-24-32(25-23-31)33-26-28-34(29-27-33)37-18-10-20-39-41(37)42-38(19-11-21-40(42)49-39)45-47-43(35-14-6-2-7-15-35)46-44(48-45)36-16-8-3-9-17-36/h1-29H/i2D,3D,6D,7D,8D,9D,14D,15D,16D,17D. The molecule has 4 heteroatoms. The number of aromatic nitrogens is 3. The quantitative estimate of drug-likeness (QED) is 0.182. The van der Waals surface area contributed by atoms with Crippen molar-refractivity contribution in [2.24, 2.45) is 0 Å². The lowest BCUT2D eigenvalue weighted by Crippen LogP contribution is -2.00. The van der Waals surface area contributed by atoms with Crippen molar-refractivity contribution in [3.05, 3.63) is 176 Å². The highest BCUT2D eigenvalue weighted by atomic mass is 16.3. The van der Waals surface area contributed by atoms with Gasteiger partial charge in [0, 0.05) is 27.5 Å². The minimum atomic E-state index is -0.616. The lowest BCUT2D eigenvalue weighted by atomic mass is 9.95. The molecule has 230 valence electrons. The Morgan fingerprint density at radius 3 is 1.31 bits per heavy atom. The lowest BCUT2D eigenvalue weighted by molar-refractivity contribution is 0.669. The Hall–Kier alpha value is -6.65. The van der Waals surface area contributed by atoms with E-state index in [2.05, 4.69) is 63.5 Å². The third-order valence-electron chi connectivity index (χ3n) is 8.37. The van der Waals surface area contributed by atoms with Gasteiger partial charge in [0.05, 0.1) is 13.7 Å². The first-order chi connectivity index (χ1) is 28.4. The van der Waals surface area contributed by atoms with Crippen LogP contribution in [0, 0.1) is 0 Å². The molecule has 0 radical (unpaired) electrons. The van der Waals surface area contributed by atoms with Crippen LogP contribution in [0.3, 0.4) is 0 Å². The summed E-state index contributed by atoms with van der Waals surface area (Å²) in [6.45, 7) is 0. The molecule has 4 nitrogen and oxygen atoms in total. The van der Waals surface area contributed by atoms with Crippen LogP contribution in [0.15, 0.2) is 180 Å². The SMILES string of the molecule is [2H]c1c([2H])c([2H])c(-c2nc(-c3c([2H])c([2H])c([2H])c([2H])c3[2H])nc(-c3cccc4oc5cccc(-c6ccc(-c7ccc(-c8ccccc8)cc7)cc6)c5c34)n2)c([2H])c1[2H]. The van der Waals surface area contributed by atoms with Gasteiger partial charge in [-0.25, -0.2) is 15.0 Å². The zero-order valence-electron chi connectivity index (χ0n) is 35.7. The molecule has 0 aliphatic rings. The number of nitrogens with zero attached hydrogens (tertiary/aromatic N) is 3. The molecule has 0 aliphatic heterocycles. The summed E-state index contributed by atoms with van der Waals surface area (Å²) in [5.74, 6) is -0.724. The number of hydrogen-bond acceptors (Lipinski definition) is 4. The van der Waals surface area contributed by atoms with E-state index in [-0.39, 0.29) is 28.6 Å². The topological polar surface area (TPSA) is 51.8 Å². The van der Waals surface area contributed by atoms with Gasteiger partial charge in [-0.15, -0.1) is 0 Å². The molecule has 0 amide bonds. The van der Waals surface area contributed by atoms with E-state index in [1.54, 1.807) is 18.2 Å². The van der Waals surface area contributed by atoms with E-state index >= 15 is 0 Å². The maximum atomic E-state index is 8.71. The molecule has 2 heterocycles. The second-order valence-corrected chi connectivity index (χ2v) is 11.3. The van der Waals surface area contributed by atoms with Crippen molar-refractivity contribution in [2.75, 3.05) is 0 Å². The molecule has 0 saturated heterocycles. The van der Waals surface area contributed by atoms with Gasteiger partial charge in [0.15, 0.2) is 17.5 Å². The van der Waals surface area contributed by atoms with E-state index in [0.29, 0.717) is 22.1 Å². The van der Waals surface area contributed by atoms with Gasteiger partial charge in [-0.3, -0.25) is 0 Å². The molecule has 0 unspecified atom stereocenters. The molecule has 0 fully saturated rings. The van der Waals surface area contributed by atoms with Crippen molar-refractivity contribution in [2.45, 2.75) is 0 Å². The summed E-state index contributed by atoms with van der Waals surface area (Å²) in [6.07, 6.45) is 0. The molecule has 0 spiro atoms. The highest BCUT2D eigenvalue weighted by Gasteiger charge is 2.20. The Bertz CT molecular complexity index is 3010. The fourth-order valence-electron chi connectivity index (χ4n) is 6.07. The molecule has 9 rings (SSSR count). The van der Waals surface area contributed by atoms with E-state index in [4.69, 9.17) is 18.1 Å².